The van der Waals surface area contributed by atoms with Crippen molar-refractivity contribution in [2.75, 3.05) is 39.3 Å². The van der Waals surface area contributed by atoms with Crippen molar-refractivity contribution in [3.63, 3.8) is 0 Å². The lowest BCUT2D eigenvalue weighted by atomic mass is 10.2. The van der Waals surface area contributed by atoms with E-state index in [4.69, 9.17) is 23.2 Å². The first-order valence-corrected chi connectivity index (χ1v) is 12.2. The second-order valence-corrected chi connectivity index (χ2v) is 9.03. The van der Waals surface area contributed by atoms with E-state index in [-0.39, 0.29) is 72.6 Å². The van der Waals surface area contributed by atoms with Crippen LogP contribution >= 0.6 is 23.2 Å². The monoisotopic (exact) mass is 578 g/mol. The van der Waals surface area contributed by atoms with Crippen LogP contribution in [0.4, 0.5) is 0 Å². The molecule has 2 aliphatic rings. The fraction of sp³-hybridized carbons (Fsp3) is 0.333. The SMILES string of the molecule is O=C(c1ccc(Cl)nc1)N1CCN(CCCN2CCN(C(=O)c3ccc(Cl)nc3)C2=N[N+](=O)[O-])C1=N[N+](=O)[O-]. The highest BCUT2D eigenvalue weighted by Gasteiger charge is 2.37. The van der Waals surface area contributed by atoms with E-state index in [1.165, 1.54) is 46.5 Å². The first kappa shape index (κ1) is 27.6. The number of halogens is 2. The van der Waals surface area contributed by atoms with Gasteiger partial charge in [-0.1, -0.05) is 23.2 Å². The van der Waals surface area contributed by atoms with E-state index < -0.39 is 21.9 Å². The van der Waals surface area contributed by atoms with Crippen LogP contribution in [-0.2, 0) is 0 Å². The Morgan fingerprint density at radius 3 is 1.51 bits per heavy atom. The van der Waals surface area contributed by atoms with Crippen LogP contribution in [0.5, 0.6) is 0 Å². The fourth-order valence-corrected chi connectivity index (χ4v) is 4.36. The third-order valence-corrected chi connectivity index (χ3v) is 6.32. The van der Waals surface area contributed by atoms with Crippen molar-refractivity contribution in [3.05, 3.63) is 78.3 Å². The van der Waals surface area contributed by atoms with Crippen molar-refractivity contribution in [1.29, 1.82) is 0 Å². The third kappa shape index (κ3) is 6.53. The molecule has 0 radical (unpaired) electrons. The van der Waals surface area contributed by atoms with Crippen LogP contribution in [0, 0.1) is 20.2 Å². The summed E-state index contributed by atoms with van der Waals surface area (Å²) in [6.07, 6.45) is 2.91. The maximum atomic E-state index is 12.9. The van der Waals surface area contributed by atoms with Gasteiger partial charge in [0.05, 0.1) is 11.1 Å². The zero-order valence-electron chi connectivity index (χ0n) is 20.1. The Labute approximate surface area is 230 Å². The Hall–Kier alpha value is -4.44. The minimum absolute atomic E-state index is 0.132. The molecule has 0 spiro atoms. The van der Waals surface area contributed by atoms with Gasteiger partial charge in [0.25, 0.3) is 23.7 Å². The molecule has 2 aliphatic heterocycles. The molecule has 0 unspecified atom stereocenters. The number of pyridine rings is 2. The molecule has 0 N–H and O–H groups in total. The summed E-state index contributed by atoms with van der Waals surface area (Å²) in [7, 11) is 0. The highest BCUT2D eigenvalue weighted by molar-refractivity contribution is 6.29. The van der Waals surface area contributed by atoms with Gasteiger partial charge in [0.15, 0.2) is 10.1 Å². The summed E-state index contributed by atoms with van der Waals surface area (Å²) in [6.45, 7) is 1.36. The van der Waals surface area contributed by atoms with Gasteiger partial charge >= 0.3 is 0 Å². The molecule has 39 heavy (non-hydrogen) atoms. The topological polar surface area (TPSA) is 184 Å². The molecule has 0 aliphatic carbocycles. The Balaban J connectivity index is 1.43. The second kappa shape index (κ2) is 12.0. The molecule has 0 aromatic carbocycles. The highest BCUT2D eigenvalue weighted by atomic mass is 35.5. The molecule has 0 atom stereocenters. The smallest absolute Gasteiger partial charge is 0.281 e. The summed E-state index contributed by atoms with van der Waals surface area (Å²) in [5.41, 5.74) is 0.381. The first-order chi connectivity index (χ1) is 18.6. The van der Waals surface area contributed by atoms with Crippen LogP contribution in [0.25, 0.3) is 0 Å². The normalized spacial score (nSPS) is 17.4. The summed E-state index contributed by atoms with van der Waals surface area (Å²) in [4.78, 5) is 61.5. The lowest BCUT2D eigenvalue weighted by Crippen LogP contribution is -2.41. The average Bonchev–Trinajstić information content (AvgIpc) is 3.47. The molecular formula is C21H20Cl2N10O6. The number of nitrogens with zero attached hydrogens (tertiary/aromatic N) is 10. The lowest BCUT2D eigenvalue weighted by Gasteiger charge is -2.22. The maximum Gasteiger partial charge on any atom is 0.281 e. The third-order valence-electron chi connectivity index (χ3n) is 5.87. The minimum atomic E-state index is -0.883. The van der Waals surface area contributed by atoms with Gasteiger partial charge in [-0.3, -0.25) is 19.4 Å². The van der Waals surface area contributed by atoms with Gasteiger partial charge in [-0.2, -0.15) is 0 Å². The largest absolute Gasteiger partial charge is 0.335 e. The van der Waals surface area contributed by atoms with Crippen molar-refractivity contribution in [2.24, 2.45) is 10.2 Å². The van der Waals surface area contributed by atoms with Crippen molar-refractivity contribution in [2.45, 2.75) is 6.42 Å². The summed E-state index contributed by atoms with van der Waals surface area (Å²) in [5.74, 6) is -1.30. The van der Waals surface area contributed by atoms with Gasteiger partial charge in [0.2, 0.25) is 0 Å². The molecule has 2 aromatic heterocycles. The molecule has 18 heteroatoms. The molecule has 4 heterocycles. The summed E-state index contributed by atoms with van der Waals surface area (Å²) < 4.78 is 0. The molecular weight excluding hydrogens is 559 g/mol. The van der Waals surface area contributed by atoms with Gasteiger partial charge in [0, 0.05) is 51.7 Å². The number of guanidine groups is 2. The Kier molecular flexibility index (Phi) is 8.46. The number of hydrazone groups is 2. The Bertz CT molecular complexity index is 1240. The van der Waals surface area contributed by atoms with E-state index in [9.17, 15) is 29.8 Å². The van der Waals surface area contributed by atoms with Crippen molar-refractivity contribution in [1.82, 2.24) is 29.6 Å². The lowest BCUT2D eigenvalue weighted by molar-refractivity contribution is -0.486. The number of carbonyl (C=O) groups excluding carboxylic acids is 2. The standard InChI is InChI=1S/C21H20Cl2N10O6/c22-16-4-2-14(12-24-16)18(34)30-10-8-28(20(30)26-32(36)37)6-1-7-29-9-11-31(21(29)27-33(38)39)19(35)15-3-5-17(23)25-13-15/h2-5,12-13H,1,6-11H2. The van der Waals surface area contributed by atoms with E-state index in [0.717, 1.165) is 0 Å². The first-order valence-electron chi connectivity index (χ1n) is 11.5. The number of rotatable bonds is 8. The zero-order valence-corrected chi connectivity index (χ0v) is 21.6. The van der Waals surface area contributed by atoms with Crippen molar-refractivity contribution >= 4 is 46.9 Å². The molecule has 2 amide bonds. The van der Waals surface area contributed by atoms with Crippen LogP contribution in [0.15, 0.2) is 46.9 Å². The maximum absolute atomic E-state index is 12.9. The Morgan fingerprint density at radius 1 is 0.769 bits per heavy atom. The van der Waals surface area contributed by atoms with Crippen LogP contribution in [-0.4, -0.2) is 103 Å². The number of amides is 2. The molecule has 2 fully saturated rings. The number of nitro groups is 2. The average molecular weight is 579 g/mol. The number of carbonyl (C=O) groups is 2. The summed E-state index contributed by atoms with van der Waals surface area (Å²) >= 11 is 11.5. The van der Waals surface area contributed by atoms with Crippen molar-refractivity contribution < 1.29 is 19.7 Å². The molecule has 16 nitrogen and oxygen atoms in total. The Morgan fingerprint density at radius 2 is 1.18 bits per heavy atom. The molecule has 0 bridgehead atoms. The molecule has 4 rings (SSSR count). The van der Waals surface area contributed by atoms with E-state index in [1.54, 1.807) is 9.80 Å². The van der Waals surface area contributed by atoms with E-state index in [0.29, 0.717) is 6.42 Å². The summed E-state index contributed by atoms with van der Waals surface area (Å²) in [6, 6.07) is 5.79. The van der Waals surface area contributed by atoms with Crippen molar-refractivity contribution in [3.8, 4) is 0 Å². The molecule has 0 saturated carbocycles. The minimum Gasteiger partial charge on any atom is -0.335 e. The van der Waals surface area contributed by atoms with Crippen LogP contribution in [0.2, 0.25) is 10.3 Å². The molecule has 2 aromatic rings. The quantitative estimate of drug-likeness (QED) is 0.252. The number of hydrogen-bond acceptors (Lipinski definition) is 8. The number of aromatic nitrogens is 2. The number of hydrogen-bond donors (Lipinski definition) is 0. The van der Waals surface area contributed by atoms with Gasteiger partial charge < -0.3 is 9.80 Å². The fourth-order valence-electron chi connectivity index (χ4n) is 4.14. The predicted molar refractivity (Wildman–Crippen MR) is 137 cm³/mol. The van der Waals surface area contributed by atoms with Crippen LogP contribution < -0.4 is 0 Å². The summed E-state index contributed by atoms with van der Waals surface area (Å²) in [5, 5.41) is 27.8. The molecule has 204 valence electrons. The zero-order chi connectivity index (χ0) is 28.1. The van der Waals surface area contributed by atoms with Gasteiger partial charge in [0.1, 0.15) is 20.5 Å². The van der Waals surface area contributed by atoms with Gasteiger partial charge in [-0.05, 0) is 30.7 Å². The van der Waals surface area contributed by atoms with Crippen LogP contribution in [0.3, 0.4) is 0 Å². The van der Waals surface area contributed by atoms with Gasteiger partial charge in [-0.25, -0.2) is 30.2 Å². The second-order valence-electron chi connectivity index (χ2n) is 8.26. The van der Waals surface area contributed by atoms with E-state index >= 15 is 0 Å². The van der Waals surface area contributed by atoms with E-state index in [1.807, 2.05) is 0 Å². The molecule has 2 saturated heterocycles. The predicted octanol–water partition coefficient (Wildman–Crippen LogP) is 1.48. The van der Waals surface area contributed by atoms with Gasteiger partial charge in [-0.15, -0.1) is 0 Å². The van der Waals surface area contributed by atoms with E-state index in [2.05, 4.69) is 20.2 Å². The highest BCUT2D eigenvalue weighted by Crippen LogP contribution is 2.18. The van der Waals surface area contributed by atoms with Crippen LogP contribution in [0.1, 0.15) is 27.1 Å².